The summed E-state index contributed by atoms with van der Waals surface area (Å²) in [4.78, 5) is 3.89. The molecule has 2 N–H and O–H groups in total. The molecule has 0 amide bonds. The number of hydrogen-bond acceptors (Lipinski definition) is 4. The van der Waals surface area contributed by atoms with Crippen molar-refractivity contribution in [3.8, 4) is 0 Å². The number of hydrogen-bond donors (Lipinski definition) is 2. The van der Waals surface area contributed by atoms with Gasteiger partial charge in [0.15, 0.2) is 5.03 Å². The predicted octanol–water partition coefficient (Wildman–Crippen LogP) is 0.767. The summed E-state index contributed by atoms with van der Waals surface area (Å²) in [5.74, 6) is 0.879. The molecule has 6 heteroatoms. The van der Waals surface area contributed by atoms with Crippen LogP contribution in [0.1, 0.15) is 19.3 Å². The van der Waals surface area contributed by atoms with Crippen molar-refractivity contribution in [2.24, 2.45) is 17.8 Å². The van der Waals surface area contributed by atoms with Gasteiger partial charge in [0.25, 0.3) is 10.0 Å². The Morgan fingerprint density at radius 1 is 1.32 bits per heavy atom. The first-order valence-corrected chi connectivity index (χ1v) is 8.14. The van der Waals surface area contributed by atoms with Crippen LogP contribution in [0.5, 0.6) is 0 Å². The highest BCUT2D eigenvalue weighted by atomic mass is 32.2. The fourth-order valence-corrected chi connectivity index (χ4v) is 4.91. The highest BCUT2D eigenvalue weighted by Gasteiger charge is 2.48. The molecule has 0 saturated heterocycles. The normalized spacial score (nSPS) is 33.7. The summed E-state index contributed by atoms with van der Waals surface area (Å²) in [6, 6.07) is 4.69. The van der Waals surface area contributed by atoms with Crippen LogP contribution in [0.15, 0.2) is 29.4 Å². The maximum absolute atomic E-state index is 12.3. The highest BCUT2D eigenvalue weighted by molar-refractivity contribution is 7.89. The Bertz CT molecular complexity index is 546. The van der Waals surface area contributed by atoms with E-state index in [9.17, 15) is 13.5 Å². The number of fused-ring (bicyclic) bond motifs is 2. The second-order valence-corrected chi connectivity index (χ2v) is 7.16. The van der Waals surface area contributed by atoms with Crippen LogP contribution in [-0.4, -0.2) is 31.2 Å². The molecule has 4 atom stereocenters. The lowest BCUT2D eigenvalue weighted by atomic mass is 9.86. The van der Waals surface area contributed by atoms with E-state index in [1.54, 1.807) is 12.1 Å². The molecule has 2 aliphatic carbocycles. The molecule has 104 valence electrons. The lowest BCUT2D eigenvalue weighted by molar-refractivity contribution is 0.153. The minimum absolute atomic E-state index is 0.0504. The van der Waals surface area contributed by atoms with Gasteiger partial charge in [-0.2, -0.15) is 0 Å². The maximum atomic E-state index is 12.3. The van der Waals surface area contributed by atoms with Gasteiger partial charge in [-0.1, -0.05) is 6.07 Å². The SMILES string of the molecule is O=S(=O)(NC1C2CCC(C2)C1CO)c1ccccn1. The van der Waals surface area contributed by atoms with E-state index in [2.05, 4.69) is 9.71 Å². The number of aliphatic hydroxyl groups excluding tert-OH is 1. The summed E-state index contributed by atoms with van der Waals surface area (Å²) in [6.45, 7) is 0.0522. The average Bonchev–Trinajstić information content (AvgIpc) is 3.00. The lowest BCUT2D eigenvalue weighted by Crippen LogP contribution is -2.45. The van der Waals surface area contributed by atoms with Gasteiger partial charge in [0.1, 0.15) is 0 Å². The van der Waals surface area contributed by atoms with Crippen LogP contribution in [-0.2, 0) is 10.0 Å². The Balaban J connectivity index is 1.81. The Kier molecular flexibility index (Phi) is 3.32. The van der Waals surface area contributed by atoms with Crippen molar-refractivity contribution in [3.63, 3.8) is 0 Å². The fraction of sp³-hybridized carbons (Fsp3) is 0.615. The second-order valence-electron chi connectivity index (χ2n) is 5.49. The number of nitrogens with one attached hydrogen (secondary N) is 1. The summed E-state index contributed by atoms with van der Waals surface area (Å²) in [5, 5.41) is 9.53. The van der Waals surface area contributed by atoms with E-state index in [0.717, 1.165) is 19.3 Å². The van der Waals surface area contributed by atoms with Gasteiger partial charge in [0.2, 0.25) is 0 Å². The quantitative estimate of drug-likeness (QED) is 0.855. The van der Waals surface area contributed by atoms with Gasteiger partial charge in [-0.05, 0) is 43.2 Å². The molecule has 0 aliphatic heterocycles. The topological polar surface area (TPSA) is 79.3 Å². The third-order valence-electron chi connectivity index (χ3n) is 4.50. The van der Waals surface area contributed by atoms with E-state index in [4.69, 9.17) is 0 Å². The van der Waals surface area contributed by atoms with Gasteiger partial charge in [-0.15, -0.1) is 0 Å². The molecule has 2 aliphatic rings. The molecule has 2 saturated carbocycles. The molecule has 2 bridgehead atoms. The van der Waals surface area contributed by atoms with Gasteiger partial charge in [0.05, 0.1) is 0 Å². The van der Waals surface area contributed by atoms with Crippen LogP contribution < -0.4 is 4.72 Å². The smallest absolute Gasteiger partial charge is 0.258 e. The molecule has 0 spiro atoms. The Hall–Kier alpha value is -0.980. The molecule has 3 rings (SSSR count). The number of pyridine rings is 1. The molecule has 2 fully saturated rings. The van der Waals surface area contributed by atoms with Crippen molar-refractivity contribution in [2.45, 2.75) is 30.3 Å². The molecule has 0 radical (unpaired) electrons. The monoisotopic (exact) mass is 282 g/mol. The van der Waals surface area contributed by atoms with Crippen molar-refractivity contribution in [1.29, 1.82) is 0 Å². The van der Waals surface area contributed by atoms with Crippen molar-refractivity contribution < 1.29 is 13.5 Å². The average molecular weight is 282 g/mol. The minimum Gasteiger partial charge on any atom is -0.396 e. The number of sulfonamides is 1. The zero-order valence-electron chi connectivity index (χ0n) is 10.6. The third kappa shape index (κ3) is 2.28. The van der Waals surface area contributed by atoms with E-state index in [1.807, 2.05) is 0 Å². The van der Waals surface area contributed by atoms with Crippen LogP contribution in [0, 0.1) is 17.8 Å². The summed E-state index contributed by atoms with van der Waals surface area (Å²) in [7, 11) is -3.58. The van der Waals surface area contributed by atoms with Gasteiger partial charge in [-0.3, -0.25) is 0 Å². The van der Waals surface area contributed by atoms with Crippen molar-refractivity contribution in [1.82, 2.24) is 9.71 Å². The third-order valence-corrected chi connectivity index (χ3v) is 5.88. The van der Waals surface area contributed by atoms with Crippen LogP contribution in [0.3, 0.4) is 0 Å². The second kappa shape index (κ2) is 4.85. The van der Waals surface area contributed by atoms with Gasteiger partial charge in [0, 0.05) is 24.8 Å². The molecule has 1 aromatic heterocycles. The molecule has 4 unspecified atom stereocenters. The first-order valence-electron chi connectivity index (χ1n) is 6.66. The van der Waals surface area contributed by atoms with E-state index in [-0.39, 0.29) is 23.6 Å². The van der Waals surface area contributed by atoms with E-state index in [1.165, 1.54) is 12.3 Å². The van der Waals surface area contributed by atoms with Crippen LogP contribution >= 0.6 is 0 Å². The fourth-order valence-electron chi connectivity index (χ4n) is 3.60. The number of nitrogens with zero attached hydrogens (tertiary/aromatic N) is 1. The first kappa shape index (κ1) is 13.0. The Labute approximate surface area is 113 Å². The summed E-state index contributed by atoms with van der Waals surface area (Å²) < 4.78 is 27.3. The van der Waals surface area contributed by atoms with Crippen molar-refractivity contribution >= 4 is 10.0 Å². The Morgan fingerprint density at radius 2 is 2.11 bits per heavy atom. The predicted molar refractivity (Wildman–Crippen MR) is 69.8 cm³/mol. The summed E-state index contributed by atoms with van der Waals surface area (Å²) in [6.07, 6.45) is 4.66. The summed E-state index contributed by atoms with van der Waals surface area (Å²) in [5.41, 5.74) is 0. The van der Waals surface area contributed by atoms with E-state index in [0.29, 0.717) is 11.8 Å². The number of rotatable bonds is 4. The van der Waals surface area contributed by atoms with Crippen LogP contribution in [0.2, 0.25) is 0 Å². The minimum atomic E-state index is -3.58. The van der Waals surface area contributed by atoms with Gasteiger partial charge in [-0.25, -0.2) is 18.1 Å². The lowest BCUT2D eigenvalue weighted by Gasteiger charge is -2.29. The zero-order valence-corrected chi connectivity index (χ0v) is 11.4. The van der Waals surface area contributed by atoms with Crippen LogP contribution in [0.25, 0.3) is 0 Å². The van der Waals surface area contributed by atoms with E-state index >= 15 is 0 Å². The zero-order chi connectivity index (χ0) is 13.5. The van der Waals surface area contributed by atoms with Crippen molar-refractivity contribution in [2.75, 3.05) is 6.61 Å². The standard InChI is InChI=1S/C13H18N2O3S/c16-8-11-9-4-5-10(7-9)13(11)15-19(17,18)12-3-1-2-6-14-12/h1-3,6,9-11,13,15-16H,4-5,7-8H2. The van der Waals surface area contributed by atoms with Gasteiger partial charge < -0.3 is 5.11 Å². The maximum Gasteiger partial charge on any atom is 0.258 e. The molecular formula is C13H18N2O3S. The molecule has 1 aromatic rings. The Morgan fingerprint density at radius 3 is 2.79 bits per heavy atom. The number of aliphatic hydroxyl groups is 1. The molecular weight excluding hydrogens is 264 g/mol. The highest BCUT2D eigenvalue weighted by Crippen LogP contribution is 2.48. The molecule has 5 nitrogen and oxygen atoms in total. The van der Waals surface area contributed by atoms with Gasteiger partial charge >= 0.3 is 0 Å². The van der Waals surface area contributed by atoms with Crippen molar-refractivity contribution in [3.05, 3.63) is 24.4 Å². The molecule has 0 aromatic carbocycles. The number of aromatic nitrogens is 1. The molecule has 19 heavy (non-hydrogen) atoms. The first-order chi connectivity index (χ1) is 9.12. The largest absolute Gasteiger partial charge is 0.396 e. The molecule has 1 heterocycles. The van der Waals surface area contributed by atoms with Crippen LogP contribution in [0.4, 0.5) is 0 Å². The van der Waals surface area contributed by atoms with E-state index < -0.39 is 10.0 Å². The summed E-state index contributed by atoms with van der Waals surface area (Å²) >= 11 is 0.